The van der Waals surface area contributed by atoms with Crippen molar-refractivity contribution in [3.8, 4) is 0 Å². The molecule has 0 fully saturated rings. The molecule has 0 saturated heterocycles. The normalized spacial score (nSPS) is 13.7. The standard InChI is InChI=1S/C21H23N3O4/c1-3-28-20(26)13-24-17-9-4-14(2)12-18(17)23(11-10-19(24)25)21(27)15-5-7-16(22)8-6-15/h4-9,12H,3,10-11,13,22H2,1-2H3. The Balaban J connectivity index is 2.02. The molecule has 1 heterocycles. The number of benzene rings is 2. The lowest BCUT2D eigenvalue weighted by Gasteiger charge is -2.25. The fraction of sp³-hybridized carbons (Fsp3) is 0.286. The highest BCUT2D eigenvalue weighted by Gasteiger charge is 2.31. The number of hydrogen-bond acceptors (Lipinski definition) is 5. The minimum atomic E-state index is -0.485. The fourth-order valence-corrected chi connectivity index (χ4v) is 3.18. The Kier molecular flexibility index (Phi) is 5.63. The van der Waals surface area contributed by atoms with E-state index >= 15 is 0 Å². The second kappa shape index (κ2) is 8.12. The predicted octanol–water partition coefficient (Wildman–Crippen LogP) is 2.52. The lowest BCUT2D eigenvalue weighted by Crippen LogP contribution is -2.36. The van der Waals surface area contributed by atoms with Gasteiger partial charge in [0.25, 0.3) is 5.91 Å². The summed E-state index contributed by atoms with van der Waals surface area (Å²) in [6, 6.07) is 12.1. The third-order valence-corrected chi connectivity index (χ3v) is 4.56. The Hall–Kier alpha value is -3.35. The number of aryl methyl sites for hydroxylation is 1. The second-order valence-corrected chi connectivity index (χ2v) is 6.61. The predicted molar refractivity (Wildman–Crippen MR) is 107 cm³/mol. The summed E-state index contributed by atoms with van der Waals surface area (Å²) in [4.78, 5) is 40.8. The summed E-state index contributed by atoms with van der Waals surface area (Å²) in [6.45, 7) is 3.90. The molecule has 7 nitrogen and oxygen atoms in total. The molecular formula is C21H23N3O4. The van der Waals surface area contributed by atoms with E-state index in [4.69, 9.17) is 10.5 Å². The Morgan fingerprint density at radius 2 is 1.82 bits per heavy atom. The first-order valence-electron chi connectivity index (χ1n) is 9.14. The number of nitrogens with two attached hydrogens (primary N) is 1. The van der Waals surface area contributed by atoms with Gasteiger partial charge in [-0.15, -0.1) is 0 Å². The molecule has 3 rings (SSSR count). The molecular weight excluding hydrogens is 358 g/mol. The van der Waals surface area contributed by atoms with Crippen molar-refractivity contribution < 1.29 is 19.1 Å². The molecule has 0 aliphatic carbocycles. The maximum Gasteiger partial charge on any atom is 0.326 e. The molecule has 0 radical (unpaired) electrons. The summed E-state index contributed by atoms with van der Waals surface area (Å²) in [5.41, 5.74) is 8.82. The number of carbonyl (C=O) groups is 3. The average molecular weight is 381 g/mol. The summed E-state index contributed by atoms with van der Waals surface area (Å²) < 4.78 is 5.00. The van der Waals surface area contributed by atoms with Crippen molar-refractivity contribution in [3.05, 3.63) is 53.6 Å². The van der Waals surface area contributed by atoms with Gasteiger partial charge in [0.2, 0.25) is 5.91 Å². The van der Waals surface area contributed by atoms with Gasteiger partial charge in [-0.1, -0.05) is 6.07 Å². The number of amides is 2. The lowest BCUT2D eigenvalue weighted by atomic mass is 10.1. The quantitative estimate of drug-likeness (QED) is 0.649. The van der Waals surface area contributed by atoms with E-state index in [1.54, 1.807) is 42.2 Å². The molecule has 2 N–H and O–H groups in total. The van der Waals surface area contributed by atoms with Crippen LogP contribution in [0.4, 0.5) is 17.1 Å². The van der Waals surface area contributed by atoms with E-state index in [1.165, 1.54) is 4.90 Å². The second-order valence-electron chi connectivity index (χ2n) is 6.61. The minimum absolute atomic E-state index is 0.105. The zero-order chi connectivity index (χ0) is 20.3. The number of carbonyl (C=O) groups excluding carboxylic acids is 3. The third-order valence-electron chi connectivity index (χ3n) is 4.56. The van der Waals surface area contributed by atoms with Crippen LogP contribution < -0.4 is 15.5 Å². The zero-order valence-electron chi connectivity index (χ0n) is 16.0. The SMILES string of the molecule is CCOC(=O)CN1C(=O)CCN(C(=O)c2ccc(N)cc2)c2cc(C)ccc21. The van der Waals surface area contributed by atoms with E-state index in [1.807, 2.05) is 19.1 Å². The fourth-order valence-electron chi connectivity index (χ4n) is 3.18. The van der Waals surface area contributed by atoms with E-state index in [9.17, 15) is 14.4 Å². The van der Waals surface area contributed by atoms with Gasteiger partial charge in [0.15, 0.2) is 0 Å². The molecule has 7 heteroatoms. The van der Waals surface area contributed by atoms with Gasteiger partial charge >= 0.3 is 5.97 Å². The number of hydrogen-bond donors (Lipinski definition) is 1. The van der Waals surface area contributed by atoms with Crippen LogP contribution in [0.3, 0.4) is 0 Å². The Bertz CT molecular complexity index is 908. The van der Waals surface area contributed by atoms with Crippen molar-refractivity contribution >= 4 is 34.8 Å². The molecule has 0 spiro atoms. The van der Waals surface area contributed by atoms with Gasteiger partial charge in [-0.3, -0.25) is 19.3 Å². The van der Waals surface area contributed by atoms with E-state index in [0.29, 0.717) is 22.6 Å². The summed E-state index contributed by atoms with van der Waals surface area (Å²) in [5.74, 6) is -0.941. The van der Waals surface area contributed by atoms with E-state index in [2.05, 4.69) is 0 Å². The van der Waals surface area contributed by atoms with Crippen LogP contribution in [0.1, 0.15) is 29.3 Å². The maximum atomic E-state index is 13.1. The van der Waals surface area contributed by atoms with Crippen molar-refractivity contribution in [1.29, 1.82) is 0 Å². The van der Waals surface area contributed by atoms with Crippen molar-refractivity contribution in [2.24, 2.45) is 0 Å². The lowest BCUT2D eigenvalue weighted by molar-refractivity contribution is -0.142. The van der Waals surface area contributed by atoms with Crippen LogP contribution >= 0.6 is 0 Å². The van der Waals surface area contributed by atoms with Crippen molar-refractivity contribution in [2.45, 2.75) is 20.3 Å². The molecule has 0 atom stereocenters. The van der Waals surface area contributed by atoms with Gasteiger partial charge in [-0.05, 0) is 55.8 Å². The number of rotatable bonds is 4. The molecule has 0 bridgehead atoms. The molecule has 0 unspecified atom stereocenters. The first kappa shape index (κ1) is 19.4. The molecule has 2 aromatic rings. The monoisotopic (exact) mass is 381 g/mol. The van der Waals surface area contributed by atoms with Crippen molar-refractivity contribution in [1.82, 2.24) is 0 Å². The highest BCUT2D eigenvalue weighted by atomic mass is 16.5. The average Bonchev–Trinajstić information content (AvgIpc) is 2.79. The molecule has 1 aliphatic rings. The highest BCUT2D eigenvalue weighted by Crippen LogP contribution is 2.34. The largest absolute Gasteiger partial charge is 0.465 e. The summed E-state index contributed by atoms with van der Waals surface area (Å²) >= 11 is 0. The van der Waals surface area contributed by atoms with Crippen molar-refractivity contribution in [3.63, 3.8) is 0 Å². The van der Waals surface area contributed by atoms with Crippen LogP contribution in [0.5, 0.6) is 0 Å². The number of nitrogens with zero attached hydrogens (tertiary/aromatic N) is 2. The van der Waals surface area contributed by atoms with Crippen molar-refractivity contribution in [2.75, 3.05) is 35.2 Å². The van der Waals surface area contributed by atoms with Gasteiger partial charge in [-0.2, -0.15) is 0 Å². The number of ether oxygens (including phenoxy) is 1. The first-order chi connectivity index (χ1) is 13.4. The van der Waals surface area contributed by atoms with Gasteiger partial charge in [-0.25, -0.2) is 0 Å². The molecule has 0 saturated carbocycles. The summed E-state index contributed by atoms with van der Waals surface area (Å²) in [7, 11) is 0. The molecule has 0 aromatic heterocycles. The number of fused-ring (bicyclic) bond motifs is 1. The number of esters is 1. The first-order valence-corrected chi connectivity index (χ1v) is 9.14. The molecule has 28 heavy (non-hydrogen) atoms. The molecule has 146 valence electrons. The van der Waals surface area contributed by atoms with Crippen LogP contribution in [-0.4, -0.2) is 37.5 Å². The molecule has 2 amide bonds. The smallest absolute Gasteiger partial charge is 0.326 e. The van der Waals surface area contributed by atoms with Crippen LogP contribution in [0.15, 0.2) is 42.5 Å². The van der Waals surface area contributed by atoms with Gasteiger partial charge in [0.05, 0.1) is 18.0 Å². The van der Waals surface area contributed by atoms with E-state index < -0.39 is 5.97 Å². The molecule has 1 aliphatic heterocycles. The zero-order valence-corrected chi connectivity index (χ0v) is 16.0. The van der Waals surface area contributed by atoms with E-state index in [-0.39, 0.29) is 37.9 Å². The Morgan fingerprint density at radius 1 is 1.11 bits per heavy atom. The number of anilines is 3. The van der Waals surface area contributed by atoms with Gasteiger partial charge in [0.1, 0.15) is 6.54 Å². The maximum absolute atomic E-state index is 13.1. The van der Waals surface area contributed by atoms with E-state index in [0.717, 1.165) is 5.56 Å². The van der Waals surface area contributed by atoms with Crippen LogP contribution in [-0.2, 0) is 14.3 Å². The Labute approximate surface area is 163 Å². The molecule has 2 aromatic carbocycles. The Morgan fingerprint density at radius 3 is 2.50 bits per heavy atom. The van der Waals surface area contributed by atoms with Gasteiger partial charge in [0, 0.05) is 24.2 Å². The summed E-state index contributed by atoms with van der Waals surface area (Å²) in [5, 5.41) is 0. The van der Waals surface area contributed by atoms with Crippen LogP contribution in [0, 0.1) is 6.92 Å². The third kappa shape index (κ3) is 3.98. The minimum Gasteiger partial charge on any atom is -0.465 e. The highest BCUT2D eigenvalue weighted by molar-refractivity contribution is 6.12. The van der Waals surface area contributed by atoms with Crippen LogP contribution in [0.2, 0.25) is 0 Å². The topological polar surface area (TPSA) is 92.9 Å². The summed E-state index contributed by atoms with van der Waals surface area (Å²) in [6.07, 6.45) is 0.105. The van der Waals surface area contributed by atoms with Gasteiger partial charge < -0.3 is 15.4 Å². The van der Waals surface area contributed by atoms with Crippen LogP contribution in [0.25, 0.3) is 0 Å². The number of nitrogen functional groups attached to an aromatic ring is 1.